The average Bonchev–Trinajstić information content (AvgIpc) is 2.82. The zero-order valence-electron chi connectivity index (χ0n) is 11.1. The number of rotatable bonds is 3. The summed E-state index contributed by atoms with van der Waals surface area (Å²) in [4.78, 5) is 45.3. The Hall–Kier alpha value is -3.28. The number of hydrogen-bond acceptors (Lipinski definition) is 6. The van der Waals surface area contributed by atoms with Gasteiger partial charge in [0.15, 0.2) is 0 Å². The topological polar surface area (TPSA) is 86.7 Å². The lowest BCUT2D eigenvalue weighted by molar-refractivity contribution is 0.0443. The summed E-state index contributed by atoms with van der Waals surface area (Å²) in [6.45, 7) is 0. The maximum absolute atomic E-state index is 12.0. The smallest absolute Gasteiger partial charge is 0.346 e. The van der Waals surface area contributed by atoms with Crippen LogP contribution in [0.25, 0.3) is 0 Å². The van der Waals surface area contributed by atoms with Gasteiger partial charge in [-0.2, -0.15) is 0 Å². The minimum Gasteiger partial charge on any atom is -0.423 e. The van der Waals surface area contributed by atoms with Crippen molar-refractivity contribution in [3.63, 3.8) is 0 Å². The highest BCUT2D eigenvalue weighted by Gasteiger charge is 2.30. The van der Waals surface area contributed by atoms with E-state index in [9.17, 15) is 19.2 Å². The van der Waals surface area contributed by atoms with E-state index in [4.69, 9.17) is 4.74 Å². The van der Waals surface area contributed by atoms with Gasteiger partial charge >= 0.3 is 17.9 Å². The van der Waals surface area contributed by atoms with Gasteiger partial charge in [0.1, 0.15) is 12.0 Å². The molecule has 0 unspecified atom stereocenters. The molecule has 22 heavy (non-hydrogen) atoms. The van der Waals surface area contributed by atoms with Crippen molar-refractivity contribution in [2.75, 3.05) is 0 Å². The van der Waals surface area contributed by atoms with Gasteiger partial charge in [0.25, 0.3) is 0 Å². The molecule has 0 saturated heterocycles. The predicted octanol–water partition coefficient (Wildman–Crippen LogP) is 2.03. The first-order valence-corrected chi connectivity index (χ1v) is 6.26. The molecule has 1 heterocycles. The van der Waals surface area contributed by atoms with Gasteiger partial charge in [0.2, 0.25) is 0 Å². The molecule has 0 radical (unpaired) electrons. The summed E-state index contributed by atoms with van der Waals surface area (Å²) < 4.78 is 9.58. The fourth-order valence-electron chi connectivity index (χ4n) is 1.99. The lowest BCUT2D eigenvalue weighted by Gasteiger charge is -2.05. The molecule has 1 aliphatic rings. The molecular formula is C16H8O6. The van der Waals surface area contributed by atoms with E-state index in [2.05, 4.69) is 4.74 Å². The van der Waals surface area contributed by atoms with Crippen LogP contribution in [0.4, 0.5) is 0 Å². The number of benzene rings is 2. The van der Waals surface area contributed by atoms with Crippen molar-refractivity contribution >= 4 is 24.2 Å². The van der Waals surface area contributed by atoms with E-state index >= 15 is 0 Å². The van der Waals surface area contributed by atoms with Gasteiger partial charge in [-0.1, -0.05) is 0 Å². The second kappa shape index (κ2) is 5.25. The summed E-state index contributed by atoms with van der Waals surface area (Å²) in [6, 6.07) is 9.95. The highest BCUT2D eigenvalue weighted by atomic mass is 16.6. The van der Waals surface area contributed by atoms with Crippen LogP contribution in [-0.2, 0) is 4.74 Å². The molecule has 0 amide bonds. The Morgan fingerprint density at radius 2 is 1.64 bits per heavy atom. The van der Waals surface area contributed by atoms with E-state index in [0.717, 1.165) is 0 Å². The van der Waals surface area contributed by atoms with Crippen LogP contribution < -0.4 is 4.74 Å². The molecule has 0 atom stereocenters. The van der Waals surface area contributed by atoms with Gasteiger partial charge in [-0.05, 0) is 42.5 Å². The SMILES string of the molecule is O=Cc1ccc(OC(=O)c2ccc3c(c2)C(=O)OC3=O)cc1. The Morgan fingerprint density at radius 3 is 2.32 bits per heavy atom. The largest absolute Gasteiger partial charge is 0.423 e. The summed E-state index contributed by atoms with van der Waals surface area (Å²) in [5.41, 5.74) is 0.732. The molecule has 6 nitrogen and oxygen atoms in total. The molecule has 0 N–H and O–H groups in total. The maximum Gasteiger partial charge on any atom is 0.346 e. The second-order valence-electron chi connectivity index (χ2n) is 4.51. The molecule has 0 saturated carbocycles. The molecule has 0 aromatic heterocycles. The molecule has 0 fully saturated rings. The van der Waals surface area contributed by atoms with E-state index in [-0.39, 0.29) is 22.4 Å². The van der Waals surface area contributed by atoms with Crippen LogP contribution in [-0.4, -0.2) is 24.2 Å². The van der Waals surface area contributed by atoms with E-state index in [0.29, 0.717) is 11.8 Å². The van der Waals surface area contributed by atoms with Crippen LogP contribution in [0.2, 0.25) is 0 Å². The number of aldehydes is 1. The zero-order chi connectivity index (χ0) is 15.7. The van der Waals surface area contributed by atoms with Gasteiger partial charge in [-0.15, -0.1) is 0 Å². The summed E-state index contributed by atoms with van der Waals surface area (Å²) in [5, 5.41) is 0. The Morgan fingerprint density at radius 1 is 0.955 bits per heavy atom. The molecule has 2 aromatic rings. The minimum atomic E-state index is -0.787. The molecule has 2 aromatic carbocycles. The normalized spacial score (nSPS) is 12.5. The van der Waals surface area contributed by atoms with Crippen molar-refractivity contribution in [2.45, 2.75) is 0 Å². The van der Waals surface area contributed by atoms with Crippen LogP contribution >= 0.6 is 0 Å². The third-order valence-corrected chi connectivity index (χ3v) is 3.11. The Labute approximate surface area is 124 Å². The molecule has 108 valence electrons. The third-order valence-electron chi connectivity index (χ3n) is 3.11. The van der Waals surface area contributed by atoms with E-state index in [1.165, 1.54) is 42.5 Å². The molecule has 1 aliphatic heterocycles. The summed E-state index contributed by atoms with van der Waals surface area (Å²) in [5.74, 6) is -1.95. The third kappa shape index (κ3) is 2.37. The van der Waals surface area contributed by atoms with Crippen LogP contribution in [0.3, 0.4) is 0 Å². The van der Waals surface area contributed by atoms with Crippen molar-refractivity contribution in [2.24, 2.45) is 0 Å². The highest BCUT2D eigenvalue weighted by molar-refractivity contribution is 6.15. The van der Waals surface area contributed by atoms with E-state index < -0.39 is 17.9 Å². The maximum atomic E-state index is 12.0. The zero-order valence-corrected chi connectivity index (χ0v) is 11.1. The lowest BCUT2D eigenvalue weighted by Crippen LogP contribution is -2.09. The predicted molar refractivity (Wildman–Crippen MR) is 73.0 cm³/mol. The molecule has 0 aliphatic carbocycles. The van der Waals surface area contributed by atoms with Gasteiger partial charge in [0.05, 0.1) is 16.7 Å². The van der Waals surface area contributed by atoms with Crippen molar-refractivity contribution < 1.29 is 28.7 Å². The van der Waals surface area contributed by atoms with Crippen molar-refractivity contribution in [3.05, 3.63) is 64.7 Å². The standard InChI is InChI=1S/C16H8O6/c17-8-9-1-4-11(5-2-9)21-14(18)10-3-6-12-13(7-10)16(20)22-15(12)19/h1-8H. The van der Waals surface area contributed by atoms with Crippen molar-refractivity contribution in [3.8, 4) is 5.75 Å². The minimum absolute atomic E-state index is 0.0377. The molecule has 0 spiro atoms. The van der Waals surface area contributed by atoms with E-state index in [1.54, 1.807) is 0 Å². The second-order valence-corrected chi connectivity index (χ2v) is 4.51. The number of carbonyl (C=O) groups is 4. The lowest BCUT2D eigenvalue weighted by atomic mass is 10.1. The highest BCUT2D eigenvalue weighted by Crippen LogP contribution is 2.22. The van der Waals surface area contributed by atoms with Crippen LogP contribution in [0, 0.1) is 0 Å². The first kappa shape index (κ1) is 13.7. The number of ether oxygens (including phenoxy) is 2. The average molecular weight is 296 g/mol. The van der Waals surface area contributed by atoms with Crippen LogP contribution in [0.1, 0.15) is 41.4 Å². The fraction of sp³-hybridized carbons (Fsp3) is 0. The molecule has 3 rings (SSSR count). The number of esters is 3. The molecule has 6 heteroatoms. The first-order chi connectivity index (χ1) is 10.6. The number of fused-ring (bicyclic) bond motifs is 1. The molecule has 0 bridgehead atoms. The summed E-state index contributed by atoms with van der Waals surface area (Å²) >= 11 is 0. The van der Waals surface area contributed by atoms with Crippen molar-refractivity contribution in [1.29, 1.82) is 0 Å². The van der Waals surface area contributed by atoms with Crippen LogP contribution in [0.5, 0.6) is 5.75 Å². The van der Waals surface area contributed by atoms with E-state index in [1.807, 2.05) is 0 Å². The number of cyclic esters (lactones) is 2. The van der Waals surface area contributed by atoms with Crippen LogP contribution in [0.15, 0.2) is 42.5 Å². The van der Waals surface area contributed by atoms with Gasteiger partial charge in [0, 0.05) is 5.56 Å². The summed E-state index contributed by atoms with van der Waals surface area (Å²) in [7, 11) is 0. The number of hydrogen-bond donors (Lipinski definition) is 0. The van der Waals surface area contributed by atoms with Gasteiger partial charge in [-0.25, -0.2) is 14.4 Å². The monoisotopic (exact) mass is 296 g/mol. The first-order valence-electron chi connectivity index (χ1n) is 6.26. The summed E-state index contributed by atoms with van der Waals surface area (Å²) in [6.07, 6.45) is 0.675. The Kier molecular flexibility index (Phi) is 3.27. The quantitative estimate of drug-likeness (QED) is 0.373. The van der Waals surface area contributed by atoms with Gasteiger partial charge in [-0.3, -0.25) is 4.79 Å². The fourth-order valence-corrected chi connectivity index (χ4v) is 1.99. The molecular weight excluding hydrogens is 288 g/mol. The number of carbonyl (C=O) groups excluding carboxylic acids is 4. The Bertz CT molecular complexity index is 804. The van der Waals surface area contributed by atoms with Gasteiger partial charge < -0.3 is 9.47 Å². The van der Waals surface area contributed by atoms with Crippen molar-refractivity contribution in [1.82, 2.24) is 0 Å². The Balaban J connectivity index is 1.83.